The minimum absolute atomic E-state index is 0.271. The van der Waals surface area contributed by atoms with Crippen molar-refractivity contribution in [3.63, 3.8) is 0 Å². The third-order valence-electron chi connectivity index (χ3n) is 1.99. The van der Waals surface area contributed by atoms with E-state index in [1.54, 1.807) is 0 Å². The molecule has 0 unspecified atom stereocenters. The van der Waals surface area contributed by atoms with Crippen LogP contribution in [0.5, 0.6) is 0 Å². The van der Waals surface area contributed by atoms with Gasteiger partial charge < -0.3 is 9.47 Å². The van der Waals surface area contributed by atoms with Gasteiger partial charge in [-0.3, -0.25) is 0 Å². The summed E-state index contributed by atoms with van der Waals surface area (Å²) in [5.41, 5.74) is 1.79. The molecule has 0 radical (unpaired) electrons. The minimum atomic E-state index is -0.271. The van der Waals surface area contributed by atoms with Crippen molar-refractivity contribution in [3.05, 3.63) is 35.4 Å². The quantitative estimate of drug-likeness (QED) is 0.603. The van der Waals surface area contributed by atoms with Crippen LogP contribution in [0.2, 0.25) is 0 Å². The molecular formula is C11H10O2. The Balaban J connectivity index is 2.33. The van der Waals surface area contributed by atoms with E-state index in [1.165, 1.54) is 0 Å². The molecule has 0 spiro atoms. The van der Waals surface area contributed by atoms with Gasteiger partial charge in [-0.25, -0.2) is 0 Å². The topological polar surface area (TPSA) is 18.5 Å². The molecule has 2 rings (SSSR count). The van der Waals surface area contributed by atoms with Crippen LogP contribution in [0.4, 0.5) is 0 Å². The standard InChI is InChI=1S/C11H10O2/c1-2-9-5-3-4-6-10(9)11-12-7-8-13-11/h1,3-6,11H,7-8H2. The van der Waals surface area contributed by atoms with Gasteiger partial charge in [-0.05, 0) is 6.07 Å². The van der Waals surface area contributed by atoms with E-state index < -0.39 is 0 Å². The van der Waals surface area contributed by atoms with E-state index in [-0.39, 0.29) is 6.29 Å². The van der Waals surface area contributed by atoms with Gasteiger partial charge in [-0.1, -0.05) is 24.1 Å². The summed E-state index contributed by atoms with van der Waals surface area (Å²) in [6.45, 7) is 1.28. The Bertz CT molecular complexity index is 332. The van der Waals surface area contributed by atoms with Crippen LogP contribution in [0.3, 0.4) is 0 Å². The maximum absolute atomic E-state index is 5.36. The summed E-state index contributed by atoms with van der Waals surface area (Å²) in [4.78, 5) is 0. The Morgan fingerprint density at radius 3 is 2.62 bits per heavy atom. The fourth-order valence-electron chi connectivity index (χ4n) is 1.37. The summed E-state index contributed by atoms with van der Waals surface area (Å²) in [6.07, 6.45) is 5.09. The number of hydrogen-bond acceptors (Lipinski definition) is 2. The Labute approximate surface area is 77.5 Å². The molecule has 1 saturated heterocycles. The zero-order valence-electron chi connectivity index (χ0n) is 7.19. The van der Waals surface area contributed by atoms with E-state index in [0.717, 1.165) is 11.1 Å². The highest BCUT2D eigenvalue weighted by atomic mass is 16.7. The molecule has 0 amide bonds. The van der Waals surface area contributed by atoms with Crippen LogP contribution in [-0.4, -0.2) is 13.2 Å². The first-order valence-corrected chi connectivity index (χ1v) is 4.20. The lowest BCUT2D eigenvalue weighted by molar-refractivity contribution is -0.0442. The molecule has 1 aromatic carbocycles. The van der Waals surface area contributed by atoms with Crippen LogP contribution in [0.25, 0.3) is 0 Å². The van der Waals surface area contributed by atoms with Crippen molar-refractivity contribution in [2.45, 2.75) is 6.29 Å². The molecule has 0 bridgehead atoms. The fourth-order valence-corrected chi connectivity index (χ4v) is 1.37. The molecule has 0 aliphatic carbocycles. The molecule has 0 saturated carbocycles. The first-order chi connectivity index (χ1) is 6.42. The normalized spacial score (nSPS) is 17.2. The fraction of sp³-hybridized carbons (Fsp3) is 0.273. The zero-order valence-corrected chi connectivity index (χ0v) is 7.19. The van der Waals surface area contributed by atoms with E-state index >= 15 is 0 Å². The molecule has 2 nitrogen and oxygen atoms in total. The molecule has 13 heavy (non-hydrogen) atoms. The van der Waals surface area contributed by atoms with Crippen molar-refractivity contribution in [1.29, 1.82) is 0 Å². The summed E-state index contributed by atoms with van der Waals surface area (Å²) < 4.78 is 10.7. The first-order valence-electron chi connectivity index (χ1n) is 4.20. The Kier molecular flexibility index (Phi) is 2.31. The van der Waals surface area contributed by atoms with Crippen molar-refractivity contribution in [3.8, 4) is 12.3 Å². The van der Waals surface area contributed by atoms with Gasteiger partial charge in [0.25, 0.3) is 0 Å². The van der Waals surface area contributed by atoms with Gasteiger partial charge in [0.05, 0.1) is 13.2 Å². The first kappa shape index (κ1) is 8.31. The number of hydrogen-bond donors (Lipinski definition) is 0. The van der Waals surface area contributed by atoms with Crippen molar-refractivity contribution < 1.29 is 9.47 Å². The largest absolute Gasteiger partial charge is 0.346 e. The molecule has 0 aromatic heterocycles. The maximum Gasteiger partial charge on any atom is 0.185 e. The van der Waals surface area contributed by atoms with Crippen molar-refractivity contribution in [1.82, 2.24) is 0 Å². The summed E-state index contributed by atoms with van der Waals surface area (Å²) >= 11 is 0. The molecule has 1 aliphatic rings. The number of ether oxygens (including phenoxy) is 2. The van der Waals surface area contributed by atoms with Gasteiger partial charge >= 0.3 is 0 Å². The average Bonchev–Trinajstić information content (AvgIpc) is 2.70. The van der Waals surface area contributed by atoms with Crippen LogP contribution < -0.4 is 0 Å². The Morgan fingerprint density at radius 1 is 1.23 bits per heavy atom. The number of benzene rings is 1. The monoisotopic (exact) mass is 174 g/mol. The Hall–Kier alpha value is -1.30. The van der Waals surface area contributed by atoms with E-state index in [1.807, 2.05) is 24.3 Å². The van der Waals surface area contributed by atoms with Crippen LogP contribution >= 0.6 is 0 Å². The lowest BCUT2D eigenvalue weighted by atomic mass is 10.1. The molecule has 66 valence electrons. The SMILES string of the molecule is C#Cc1ccccc1C1OCCO1. The van der Waals surface area contributed by atoms with Crippen LogP contribution in [0.15, 0.2) is 24.3 Å². The summed E-state index contributed by atoms with van der Waals surface area (Å²) in [6, 6.07) is 7.67. The third kappa shape index (κ3) is 1.57. The molecule has 2 heteroatoms. The number of terminal acetylenes is 1. The molecule has 0 atom stereocenters. The minimum Gasteiger partial charge on any atom is -0.346 e. The second-order valence-electron chi connectivity index (χ2n) is 2.81. The molecule has 0 N–H and O–H groups in total. The second-order valence-corrected chi connectivity index (χ2v) is 2.81. The lowest BCUT2D eigenvalue weighted by Crippen LogP contribution is -2.00. The van der Waals surface area contributed by atoms with Gasteiger partial charge in [-0.2, -0.15) is 0 Å². The smallest absolute Gasteiger partial charge is 0.185 e. The van der Waals surface area contributed by atoms with E-state index in [4.69, 9.17) is 15.9 Å². The van der Waals surface area contributed by atoms with Crippen molar-refractivity contribution in [2.75, 3.05) is 13.2 Å². The van der Waals surface area contributed by atoms with Crippen molar-refractivity contribution >= 4 is 0 Å². The van der Waals surface area contributed by atoms with Crippen LogP contribution in [0.1, 0.15) is 17.4 Å². The van der Waals surface area contributed by atoms with Gasteiger partial charge in [0.15, 0.2) is 6.29 Å². The average molecular weight is 174 g/mol. The summed E-state index contributed by atoms with van der Waals surface area (Å²) in [5, 5.41) is 0. The number of rotatable bonds is 1. The molecule has 1 aromatic rings. The molecular weight excluding hydrogens is 164 g/mol. The van der Waals surface area contributed by atoms with Crippen LogP contribution in [0, 0.1) is 12.3 Å². The highest BCUT2D eigenvalue weighted by Crippen LogP contribution is 2.25. The van der Waals surface area contributed by atoms with Gasteiger partial charge in [0, 0.05) is 11.1 Å². The van der Waals surface area contributed by atoms with Gasteiger partial charge in [-0.15, -0.1) is 6.42 Å². The maximum atomic E-state index is 5.36. The predicted octanol–water partition coefficient (Wildman–Crippen LogP) is 1.71. The van der Waals surface area contributed by atoms with E-state index in [0.29, 0.717) is 13.2 Å². The predicted molar refractivity (Wildman–Crippen MR) is 49.0 cm³/mol. The summed E-state index contributed by atoms with van der Waals surface area (Å²) in [7, 11) is 0. The highest BCUT2D eigenvalue weighted by Gasteiger charge is 2.19. The van der Waals surface area contributed by atoms with Gasteiger partial charge in [0.2, 0.25) is 0 Å². The third-order valence-corrected chi connectivity index (χ3v) is 1.99. The molecule has 1 aliphatic heterocycles. The highest BCUT2D eigenvalue weighted by molar-refractivity contribution is 5.40. The van der Waals surface area contributed by atoms with Crippen LogP contribution in [-0.2, 0) is 9.47 Å². The lowest BCUT2D eigenvalue weighted by Gasteiger charge is -2.10. The Morgan fingerprint density at radius 2 is 1.92 bits per heavy atom. The van der Waals surface area contributed by atoms with E-state index in [2.05, 4.69) is 5.92 Å². The second kappa shape index (κ2) is 3.61. The van der Waals surface area contributed by atoms with E-state index in [9.17, 15) is 0 Å². The summed E-state index contributed by atoms with van der Waals surface area (Å²) in [5.74, 6) is 2.61. The molecule has 1 heterocycles. The van der Waals surface area contributed by atoms with Crippen molar-refractivity contribution in [2.24, 2.45) is 0 Å². The zero-order chi connectivity index (χ0) is 9.10. The molecule has 1 fully saturated rings. The van der Waals surface area contributed by atoms with Gasteiger partial charge in [0.1, 0.15) is 0 Å².